The van der Waals surface area contributed by atoms with Crippen LogP contribution < -0.4 is 15.2 Å². The van der Waals surface area contributed by atoms with Gasteiger partial charge in [-0.1, -0.05) is 6.92 Å². The number of rotatable bonds is 6. The van der Waals surface area contributed by atoms with Crippen molar-refractivity contribution in [2.45, 2.75) is 6.92 Å². The number of carbonyl (C=O) groups excluding carboxylic acids is 2. The van der Waals surface area contributed by atoms with Gasteiger partial charge in [0.1, 0.15) is 0 Å². The zero-order valence-electron chi connectivity index (χ0n) is 13.5. The topological polar surface area (TPSA) is 119 Å². The van der Waals surface area contributed by atoms with Gasteiger partial charge >= 0.3 is 5.97 Å². The van der Waals surface area contributed by atoms with Crippen LogP contribution in [-0.4, -0.2) is 54.6 Å². The molecule has 1 heterocycles. The SMILES string of the molecule is COc1cc(C(=O)N2C[C@@H](C)[C@H](C(=O)O)C2)ccc1OCC(N)=O. The molecule has 1 aromatic carbocycles. The summed E-state index contributed by atoms with van der Waals surface area (Å²) in [5, 5.41) is 9.16. The largest absolute Gasteiger partial charge is 0.493 e. The number of carboxylic acid groups (broad SMARTS) is 1. The predicted molar refractivity (Wildman–Crippen MR) is 83.9 cm³/mol. The maximum absolute atomic E-state index is 12.6. The molecule has 0 bridgehead atoms. The van der Waals surface area contributed by atoms with Crippen molar-refractivity contribution in [3.8, 4) is 11.5 Å². The molecule has 2 rings (SSSR count). The van der Waals surface area contributed by atoms with Crippen LogP contribution in [0.25, 0.3) is 0 Å². The second-order valence-electron chi connectivity index (χ2n) is 5.75. The number of hydrogen-bond donors (Lipinski definition) is 2. The Hall–Kier alpha value is -2.77. The van der Waals surface area contributed by atoms with Crippen LogP contribution in [0.5, 0.6) is 11.5 Å². The molecule has 0 saturated carbocycles. The van der Waals surface area contributed by atoms with Crippen molar-refractivity contribution in [2.75, 3.05) is 26.8 Å². The van der Waals surface area contributed by atoms with Crippen LogP contribution in [0.2, 0.25) is 0 Å². The van der Waals surface area contributed by atoms with Crippen molar-refractivity contribution in [3.63, 3.8) is 0 Å². The second-order valence-corrected chi connectivity index (χ2v) is 5.75. The normalized spacial score (nSPS) is 19.8. The van der Waals surface area contributed by atoms with Gasteiger partial charge in [0.2, 0.25) is 0 Å². The van der Waals surface area contributed by atoms with E-state index in [1.165, 1.54) is 24.1 Å². The van der Waals surface area contributed by atoms with Gasteiger partial charge in [0.25, 0.3) is 11.8 Å². The fraction of sp³-hybridized carbons (Fsp3) is 0.438. The summed E-state index contributed by atoms with van der Waals surface area (Å²) in [6.45, 7) is 2.08. The van der Waals surface area contributed by atoms with Crippen LogP contribution in [0.15, 0.2) is 18.2 Å². The van der Waals surface area contributed by atoms with Crippen molar-refractivity contribution in [1.29, 1.82) is 0 Å². The lowest BCUT2D eigenvalue weighted by Gasteiger charge is -2.17. The summed E-state index contributed by atoms with van der Waals surface area (Å²) in [6, 6.07) is 4.56. The van der Waals surface area contributed by atoms with Crippen LogP contribution in [0.3, 0.4) is 0 Å². The number of aliphatic carboxylic acids is 1. The number of methoxy groups -OCH3 is 1. The standard InChI is InChI=1S/C16H20N2O6/c1-9-6-18(7-11(9)16(21)22)15(20)10-3-4-12(13(5-10)23-2)24-8-14(17)19/h3-5,9,11H,6-8H2,1-2H3,(H2,17,19)(H,21,22)/t9-,11-/m1/s1. The number of ether oxygens (including phenoxy) is 2. The Labute approximate surface area is 139 Å². The zero-order valence-corrected chi connectivity index (χ0v) is 13.5. The summed E-state index contributed by atoms with van der Waals surface area (Å²) >= 11 is 0. The number of benzene rings is 1. The highest BCUT2D eigenvalue weighted by molar-refractivity contribution is 5.95. The van der Waals surface area contributed by atoms with Crippen molar-refractivity contribution >= 4 is 17.8 Å². The summed E-state index contributed by atoms with van der Waals surface area (Å²) in [6.07, 6.45) is 0. The Balaban J connectivity index is 2.15. The minimum atomic E-state index is -0.898. The molecule has 2 amide bonds. The van der Waals surface area contributed by atoms with Gasteiger partial charge in [-0.05, 0) is 24.1 Å². The first-order chi connectivity index (χ1) is 11.3. The fourth-order valence-corrected chi connectivity index (χ4v) is 2.71. The quantitative estimate of drug-likeness (QED) is 0.774. The summed E-state index contributed by atoms with van der Waals surface area (Å²) in [5.74, 6) is -1.87. The van der Waals surface area contributed by atoms with E-state index in [0.717, 1.165) is 0 Å². The van der Waals surface area contributed by atoms with Crippen molar-refractivity contribution in [1.82, 2.24) is 4.90 Å². The van der Waals surface area contributed by atoms with Crippen LogP contribution >= 0.6 is 0 Å². The third kappa shape index (κ3) is 3.76. The Morgan fingerprint density at radius 2 is 2.00 bits per heavy atom. The van der Waals surface area contributed by atoms with Gasteiger partial charge in [-0.25, -0.2) is 0 Å². The Morgan fingerprint density at radius 3 is 2.54 bits per heavy atom. The van der Waals surface area contributed by atoms with Crippen molar-refractivity contribution in [2.24, 2.45) is 17.6 Å². The Bertz CT molecular complexity index is 660. The van der Waals surface area contributed by atoms with Gasteiger partial charge in [0.05, 0.1) is 13.0 Å². The molecular formula is C16H20N2O6. The molecule has 1 fully saturated rings. The molecule has 0 unspecified atom stereocenters. The molecule has 2 atom stereocenters. The maximum atomic E-state index is 12.6. The molecule has 24 heavy (non-hydrogen) atoms. The number of likely N-dealkylation sites (tertiary alicyclic amines) is 1. The first-order valence-corrected chi connectivity index (χ1v) is 7.44. The summed E-state index contributed by atoms with van der Waals surface area (Å²) in [4.78, 5) is 36.0. The summed E-state index contributed by atoms with van der Waals surface area (Å²) in [5.41, 5.74) is 5.39. The maximum Gasteiger partial charge on any atom is 0.308 e. The molecule has 8 nitrogen and oxygen atoms in total. The zero-order chi connectivity index (χ0) is 17.9. The molecule has 1 aliphatic heterocycles. The summed E-state index contributed by atoms with van der Waals surface area (Å²) in [7, 11) is 1.42. The Kier molecular flexibility index (Phi) is 5.28. The van der Waals surface area contributed by atoms with E-state index in [1.54, 1.807) is 6.07 Å². The third-order valence-corrected chi connectivity index (χ3v) is 4.00. The van der Waals surface area contributed by atoms with Crippen molar-refractivity contribution in [3.05, 3.63) is 23.8 Å². The Morgan fingerprint density at radius 1 is 1.29 bits per heavy atom. The van der Waals surface area contributed by atoms with Gasteiger partial charge in [-0.3, -0.25) is 14.4 Å². The lowest BCUT2D eigenvalue weighted by atomic mass is 9.99. The molecule has 1 aliphatic rings. The van der Waals surface area contributed by atoms with E-state index in [4.69, 9.17) is 20.3 Å². The molecule has 0 aliphatic carbocycles. The highest BCUT2D eigenvalue weighted by Gasteiger charge is 2.37. The monoisotopic (exact) mass is 336 g/mol. The van der Waals surface area contributed by atoms with E-state index in [2.05, 4.69) is 0 Å². The number of primary amides is 1. The number of amides is 2. The predicted octanol–water partition coefficient (Wildman–Crippen LogP) is 0.352. The average Bonchev–Trinajstić information content (AvgIpc) is 2.94. The van der Waals surface area contributed by atoms with Gasteiger partial charge in [-0.2, -0.15) is 0 Å². The van der Waals surface area contributed by atoms with Gasteiger partial charge in [-0.15, -0.1) is 0 Å². The van der Waals surface area contributed by atoms with E-state index in [-0.39, 0.29) is 25.0 Å². The first-order valence-electron chi connectivity index (χ1n) is 7.44. The minimum Gasteiger partial charge on any atom is -0.493 e. The third-order valence-electron chi connectivity index (χ3n) is 4.00. The van der Waals surface area contributed by atoms with Crippen LogP contribution in [0, 0.1) is 11.8 Å². The van der Waals surface area contributed by atoms with E-state index in [1.807, 2.05) is 6.92 Å². The van der Waals surface area contributed by atoms with Crippen LogP contribution in [-0.2, 0) is 9.59 Å². The number of carboxylic acids is 1. The lowest BCUT2D eigenvalue weighted by molar-refractivity contribution is -0.142. The second kappa shape index (κ2) is 7.20. The number of carbonyl (C=O) groups is 3. The van der Waals surface area contributed by atoms with Crippen molar-refractivity contribution < 1.29 is 29.0 Å². The minimum absolute atomic E-state index is 0.105. The molecule has 1 saturated heterocycles. The summed E-state index contributed by atoms with van der Waals surface area (Å²) < 4.78 is 10.4. The van der Waals surface area contributed by atoms with Gasteiger partial charge in [0.15, 0.2) is 18.1 Å². The van der Waals surface area contributed by atoms with Crippen LogP contribution in [0.4, 0.5) is 0 Å². The molecule has 1 aromatic rings. The van der Waals surface area contributed by atoms with E-state index < -0.39 is 17.8 Å². The highest BCUT2D eigenvalue weighted by Crippen LogP contribution is 2.30. The molecule has 130 valence electrons. The average molecular weight is 336 g/mol. The molecule has 0 aromatic heterocycles. The molecule has 8 heteroatoms. The van der Waals surface area contributed by atoms with Gasteiger partial charge < -0.3 is 25.2 Å². The molecule has 3 N–H and O–H groups in total. The smallest absolute Gasteiger partial charge is 0.308 e. The van der Waals surface area contributed by atoms with Crippen LogP contribution in [0.1, 0.15) is 17.3 Å². The highest BCUT2D eigenvalue weighted by atomic mass is 16.5. The lowest BCUT2D eigenvalue weighted by Crippen LogP contribution is -2.30. The van der Waals surface area contributed by atoms with Gasteiger partial charge in [0, 0.05) is 18.7 Å². The molecular weight excluding hydrogens is 316 g/mol. The number of nitrogens with zero attached hydrogens (tertiary/aromatic N) is 1. The molecule has 0 radical (unpaired) electrons. The number of hydrogen-bond acceptors (Lipinski definition) is 5. The van der Waals surface area contributed by atoms with E-state index >= 15 is 0 Å². The fourth-order valence-electron chi connectivity index (χ4n) is 2.71. The first kappa shape index (κ1) is 17.6. The number of nitrogens with two attached hydrogens (primary N) is 1. The molecule has 0 spiro atoms. The van der Waals surface area contributed by atoms with E-state index in [0.29, 0.717) is 23.6 Å². The van der Waals surface area contributed by atoms with E-state index in [9.17, 15) is 14.4 Å².